The van der Waals surface area contributed by atoms with Gasteiger partial charge in [0.2, 0.25) is 10.0 Å². The van der Waals surface area contributed by atoms with E-state index < -0.39 is 21.8 Å². The van der Waals surface area contributed by atoms with E-state index in [1.54, 1.807) is 18.2 Å². The van der Waals surface area contributed by atoms with Crippen LogP contribution in [0.4, 0.5) is 5.69 Å². The van der Waals surface area contributed by atoms with Crippen molar-refractivity contribution in [3.05, 3.63) is 63.4 Å². The van der Waals surface area contributed by atoms with Gasteiger partial charge in [0.15, 0.2) is 0 Å². The molecule has 1 aromatic carbocycles. The van der Waals surface area contributed by atoms with Gasteiger partial charge in [0, 0.05) is 48.5 Å². The number of sulfonamides is 1. The maximum Gasteiger partial charge on any atom is 0.268 e. The fraction of sp³-hybridized carbons (Fsp3) is 0.391. The molecule has 9 nitrogen and oxygen atoms in total. The Morgan fingerprint density at radius 1 is 1.21 bits per heavy atom. The highest BCUT2D eigenvalue weighted by atomic mass is 79.9. The lowest BCUT2D eigenvalue weighted by Crippen LogP contribution is -2.38. The van der Waals surface area contributed by atoms with Crippen LogP contribution in [0.1, 0.15) is 12.8 Å². The second-order valence-corrected chi connectivity index (χ2v) is 11.2. The van der Waals surface area contributed by atoms with E-state index in [9.17, 15) is 23.4 Å². The highest BCUT2D eigenvalue weighted by Gasteiger charge is 2.37. The zero-order valence-electron chi connectivity index (χ0n) is 19.0. The van der Waals surface area contributed by atoms with Gasteiger partial charge in [-0.2, -0.15) is 0 Å². The number of halogens is 1. The molecule has 34 heavy (non-hydrogen) atoms. The van der Waals surface area contributed by atoms with Gasteiger partial charge in [-0.25, -0.2) is 8.42 Å². The smallest absolute Gasteiger partial charge is 0.268 e. The first-order valence-electron chi connectivity index (χ1n) is 10.8. The average Bonchev–Trinajstić information content (AvgIpc) is 3.64. The molecule has 0 aliphatic heterocycles. The largest absolute Gasteiger partial charge is 0.396 e. The molecule has 0 spiro atoms. The Balaban J connectivity index is 2.09. The molecule has 2 aliphatic carbocycles. The molecule has 0 saturated heterocycles. The lowest BCUT2D eigenvalue weighted by Gasteiger charge is -2.32. The summed E-state index contributed by atoms with van der Waals surface area (Å²) in [5.41, 5.74) is 2.21. The summed E-state index contributed by atoms with van der Waals surface area (Å²) >= 11 is 3.38. The van der Waals surface area contributed by atoms with Gasteiger partial charge in [-0.1, -0.05) is 15.9 Å². The van der Waals surface area contributed by atoms with Crippen LogP contribution in [0.25, 0.3) is 0 Å². The third kappa shape index (κ3) is 6.15. The highest BCUT2D eigenvalue weighted by molar-refractivity contribution is 9.10. The van der Waals surface area contributed by atoms with Gasteiger partial charge in [0.1, 0.15) is 5.70 Å². The Kier molecular flexibility index (Phi) is 8.34. The number of hydrogen-bond donors (Lipinski definition) is 5. The molecule has 0 heterocycles. The third-order valence-corrected chi connectivity index (χ3v) is 7.31. The van der Waals surface area contributed by atoms with Crippen molar-refractivity contribution >= 4 is 43.3 Å². The summed E-state index contributed by atoms with van der Waals surface area (Å²) in [6.45, 7) is -0.870. The maximum atomic E-state index is 12.8. The number of nitrogens with zero attached hydrogens (tertiary/aromatic N) is 1. The molecule has 3 rings (SSSR count). The summed E-state index contributed by atoms with van der Waals surface area (Å²) in [5, 5.41) is 33.4. The Morgan fingerprint density at radius 3 is 2.32 bits per heavy atom. The second-order valence-electron chi connectivity index (χ2n) is 8.34. The number of anilines is 1. The van der Waals surface area contributed by atoms with E-state index in [0.29, 0.717) is 22.5 Å². The van der Waals surface area contributed by atoms with Crippen molar-refractivity contribution in [1.82, 2.24) is 9.62 Å². The summed E-state index contributed by atoms with van der Waals surface area (Å²) < 4.78 is 27.3. The number of nitrogens with one attached hydrogen (secondary N) is 3. The molecule has 11 heteroatoms. The molecular weight excluding hydrogens is 524 g/mol. The molecule has 184 valence electrons. The minimum atomic E-state index is -3.76. The molecule has 1 aromatic rings. The number of hydrogen-bond acceptors (Lipinski definition) is 7. The molecular formula is C23H29BrN4O5S. The molecule has 0 bridgehead atoms. The van der Waals surface area contributed by atoms with Crippen LogP contribution >= 0.6 is 15.9 Å². The van der Waals surface area contributed by atoms with Crippen molar-refractivity contribution in [2.45, 2.75) is 12.8 Å². The number of allylic oxidation sites excluding steroid dienone is 4. The van der Waals surface area contributed by atoms with Crippen molar-refractivity contribution in [1.29, 1.82) is 5.41 Å². The van der Waals surface area contributed by atoms with E-state index in [-0.39, 0.29) is 37.1 Å². The number of amides is 1. The normalized spacial score (nSPS) is 17.8. The van der Waals surface area contributed by atoms with E-state index in [0.717, 1.165) is 27.9 Å². The molecule has 0 unspecified atom stereocenters. The van der Waals surface area contributed by atoms with Crippen molar-refractivity contribution in [2.24, 2.45) is 11.8 Å². The van der Waals surface area contributed by atoms with Crippen LogP contribution in [0.15, 0.2) is 63.4 Å². The number of carbonyl (C=O) groups is 1. The van der Waals surface area contributed by atoms with Crippen LogP contribution in [-0.2, 0) is 14.8 Å². The lowest BCUT2D eigenvalue weighted by atomic mass is 9.92. The van der Waals surface area contributed by atoms with Gasteiger partial charge in [-0.05, 0) is 60.8 Å². The van der Waals surface area contributed by atoms with Crippen LogP contribution in [0.5, 0.6) is 0 Å². The standard InChI is InChI=1S/C23H29BrN4O5S/c1-26-23(31)22(27-17-7-5-16(24)6-8-17)19-9-18(15-3-4-15)21(10-20(19)25)28(34(2,32)33)11-14(12-29)13-30/h5-10,14-15,25,27,29-30H,3-4,11-13H2,1-2H3,(H,26,31)/b22-19-,25-20?. The SMILES string of the molecule is CNC(=O)/C(Nc1ccc(Br)cc1)=C1\C=C(C2CC2)C(N(CC(CO)CO)S(C)(=O)=O)=CC1=N. The van der Waals surface area contributed by atoms with Crippen molar-refractivity contribution in [3.8, 4) is 0 Å². The first-order chi connectivity index (χ1) is 16.1. The summed E-state index contributed by atoms with van der Waals surface area (Å²) in [6, 6.07) is 7.24. The van der Waals surface area contributed by atoms with E-state index >= 15 is 0 Å². The molecule has 2 aliphatic rings. The molecule has 0 aromatic heterocycles. The van der Waals surface area contributed by atoms with Gasteiger partial charge in [-0.15, -0.1) is 0 Å². The number of aliphatic hydroxyl groups is 2. The zero-order valence-corrected chi connectivity index (χ0v) is 21.4. The predicted molar refractivity (Wildman–Crippen MR) is 135 cm³/mol. The zero-order chi connectivity index (χ0) is 25.0. The predicted octanol–water partition coefficient (Wildman–Crippen LogP) is 1.98. The van der Waals surface area contributed by atoms with E-state index in [1.165, 1.54) is 13.1 Å². The molecule has 1 amide bonds. The summed E-state index contributed by atoms with van der Waals surface area (Å²) in [4.78, 5) is 12.8. The summed E-state index contributed by atoms with van der Waals surface area (Å²) in [6.07, 6.45) is 5.93. The first kappa shape index (κ1) is 26.1. The quantitative estimate of drug-likeness (QED) is 0.281. The third-order valence-electron chi connectivity index (χ3n) is 5.63. The van der Waals surface area contributed by atoms with Gasteiger partial charge in [-0.3, -0.25) is 9.10 Å². The van der Waals surface area contributed by atoms with Gasteiger partial charge >= 0.3 is 0 Å². The van der Waals surface area contributed by atoms with E-state index in [1.807, 2.05) is 12.1 Å². The highest BCUT2D eigenvalue weighted by Crippen LogP contribution is 2.44. The Hall–Kier alpha value is -2.47. The molecule has 0 atom stereocenters. The Labute approximate surface area is 207 Å². The molecule has 1 fully saturated rings. The maximum absolute atomic E-state index is 12.8. The number of rotatable bonds is 10. The molecule has 1 saturated carbocycles. The van der Waals surface area contributed by atoms with Crippen LogP contribution in [0.2, 0.25) is 0 Å². The fourth-order valence-corrected chi connectivity index (χ4v) is 4.88. The van der Waals surface area contributed by atoms with E-state index in [4.69, 9.17) is 5.41 Å². The lowest BCUT2D eigenvalue weighted by molar-refractivity contribution is -0.116. The molecule has 0 radical (unpaired) electrons. The summed E-state index contributed by atoms with van der Waals surface area (Å²) in [5.74, 6) is -0.979. The van der Waals surface area contributed by atoms with Crippen molar-refractivity contribution in [3.63, 3.8) is 0 Å². The fourth-order valence-electron chi connectivity index (χ4n) is 3.62. The molecule has 5 N–H and O–H groups in total. The van der Waals surface area contributed by atoms with Crippen LogP contribution < -0.4 is 10.6 Å². The first-order valence-corrected chi connectivity index (χ1v) is 13.4. The number of aliphatic hydroxyl groups excluding tert-OH is 2. The second kappa shape index (κ2) is 10.9. The average molecular weight is 553 g/mol. The monoisotopic (exact) mass is 552 g/mol. The van der Waals surface area contributed by atoms with Crippen molar-refractivity contribution in [2.75, 3.05) is 38.4 Å². The minimum absolute atomic E-state index is 0.0270. The Morgan fingerprint density at radius 2 is 1.82 bits per heavy atom. The number of likely N-dealkylation sites (N-methyl/N-ethyl adjacent to an activating group) is 1. The van der Waals surface area contributed by atoms with Crippen LogP contribution in [-0.4, -0.2) is 67.6 Å². The van der Waals surface area contributed by atoms with Crippen LogP contribution in [0.3, 0.4) is 0 Å². The minimum Gasteiger partial charge on any atom is -0.396 e. The van der Waals surface area contributed by atoms with Crippen LogP contribution in [0, 0.1) is 17.2 Å². The van der Waals surface area contributed by atoms with Crippen molar-refractivity contribution < 1.29 is 23.4 Å². The van der Waals surface area contributed by atoms with Gasteiger partial charge in [0.05, 0.1) is 17.7 Å². The number of carbonyl (C=O) groups excluding carboxylic acids is 1. The number of benzene rings is 1. The summed E-state index contributed by atoms with van der Waals surface area (Å²) in [7, 11) is -2.26. The van der Waals surface area contributed by atoms with E-state index in [2.05, 4.69) is 26.6 Å². The van der Waals surface area contributed by atoms with Gasteiger partial charge in [0.25, 0.3) is 5.91 Å². The van der Waals surface area contributed by atoms with Gasteiger partial charge < -0.3 is 26.3 Å². The topological polar surface area (TPSA) is 143 Å². The Bertz CT molecular complexity index is 1150.